The van der Waals surface area contributed by atoms with Gasteiger partial charge in [-0.05, 0) is 13.8 Å². The van der Waals surface area contributed by atoms with Gasteiger partial charge in [-0.25, -0.2) is 0 Å². The Morgan fingerprint density at radius 1 is 0.706 bits per heavy atom. The second-order valence-electron chi connectivity index (χ2n) is 5.41. The quantitative estimate of drug-likeness (QED) is 0.476. The average molecular weight is 313 g/mol. The van der Waals surface area contributed by atoms with Gasteiger partial charge in [-0.15, -0.1) is 23.5 Å². The predicted molar refractivity (Wildman–Crippen MR) is 98.0 cm³/mol. The predicted octanol–water partition coefficient (Wildman–Crippen LogP) is 6.37. The van der Waals surface area contributed by atoms with Crippen molar-refractivity contribution in [3.63, 3.8) is 0 Å². The minimum atomic E-state index is 0. The lowest BCUT2D eigenvalue weighted by atomic mass is 10.3. The fourth-order valence-electron chi connectivity index (χ4n) is 0.862. The van der Waals surface area contributed by atoms with Gasteiger partial charge in [0.25, 0.3) is 0 Å². The van der Waals surface area contributed by atoms with Crippen molar-refractivity contribution in [3.05, 3.63) is 0 Å². The molecule has 0 aromatic heterocycles. The molecule has 0 aliphatic rings. The molecule has 17 heavy (non-hydrogen) atoms. The summed E-state index contributed by atoms with van der Waals surface area (Å²) < 4.78 is 2.65. The van der Waals surface area contributed by atoms with Crippen LogP contribution in [0.25, 0.3) is 0 Å². The molecule has 104 valence electrons. The van der Waals surface area contributed by atoms with Gasteiger partial charge in [0, 0.05) is 17.9 Å². The van der Waals surface area contributed by atoms with Gasteiger partial charge in [-0.1, -0.05) is 73.4 Å². The Hall–Kier alpha value is 0.880. The Kier molecular flexibility index (Phi) is 13.2. The van der Waals surface area contributed by atoms with Gasteiger partial charge < -0.3 is 0 Å². The summed E-state index contributed by atoms with van der Waals surface area (Å²) in [6.45, 7) is 16.9. The van der Waals surface area contributed by atoms with Gasteiger partial charge in [-0.3, -0.25) is 0 Å². The maximum Gasteiger partial charge on any atom is 0.0452 e. The van der Waals surface area contributed by atoms with Gasteiger partial charge >= 0.3 is 0 Å². The second kappa shape index (κ2) is 9.76. The number of hydrogen-bond acceptors (Lipinski definition) is 4. The van der Waals surface area contributed by atoms with E-state index in [9.17, 15) is 0 Å². The molecule has 0 saturated carbocycles. The monoisotopic (exact) mass is 312 g/mol. The molecule has 0 aliphatic carbocycles. The minimum absolute atomic E-state index is 0. The largest absolute Gasteiger partial charge is 0.113 e. The van der Waals surface area contributed by atoms with Crippen molar-refractivity contribution in [1.29, 1.82) is 0 Å². The normalized spacial score (nSPS) is 10.8. The first kappa shape index (κ1) is 23.0. The van der Waals surface area contributed by atoms with E-state index in [4.69, 9.17) is 24.4 Å². The molecule has 0 heterocycles. The molecule has 0 aromatic rings. The highest BCUT2D eigenvalue weighted by Crippen LogP contribution is 2.24. The Labute approximate surface area is 128 Å². The van der Waals surface area contributed by atoms with Crippen LogP contribution in [-0.2, 0) is 0 Å². The number of rotatable bonds is 0. The van der Waals surface area contributed by atoms with Crippen molar-refractivity contribution < 1.29 is 0 Å². The molecule has 0 amide bonds. The zero-order valence-electron chi connectivity index (χ0n) is 11.6. The summed E-state index contributed by atoms with van der Waals surface area (Å²) in [5, 5.41) is 0. The van der Waals surface area contributed by atoms with Crippen LogP contribution in [0.2, 0.25) is 0 Å². The van der Waals surface area contributed by atoms with Crippen LogP contribution in [0.5, 0.6) is 0 Å². The minimum Gasteiger partial charge on any atom is -0.113 e. The summed E-state index contributed by atoms with van der Waals surface area (Å²) in [4.78, 5) is 0. The van der Waals surface area contributed by atoms with E-state index in [0.717, 1.165) is 8.39 Å². The molecule has 0 bridgehead atoms. The third-order valence-corrected chi connectivity index (χ3v) is 3.20. The maximum absolute atomic E-state index is 4.91. The number of hydrogen-bond donors (Lipinski definition) is 0. The highest BCUT2D eigenvalue weighted by Gasteiger charge is 2.10. The molecule has 0 fully saturated rings. The van der Waals surface area contributed by atoms with Gasteiger partial charge in [0.05, 0.1) is 0 Å². The van der Waals surface area contributed by atoms with Gasteiger partial charge in [0.15, 0.2) is 0 Å². The molecular formula is C13H28S4. The van der Waals surface area contributed by atoms with E-state index in [1.54, 1.807) is 23.5 Å². The molecular weight excluding hydrogens is 284 g/mol. The topological polar surface area (TPSA) is 0 Å². The Balaban J connectivity index is -0.000000218. The van der Waals surface area contributed by atoms with E-state index in [1.807, 2.05) is 13.8 Å². The molecule has 0 unspecified atom stereocenters. The van der Waals surface area contributed by atoms with Crippen LogP contribution in [0.4, 0.5) is 0 Å². The highest BCUT2D eigenvalue weighted by atomic mass is 32.2. The first-order valence-electron chi connectivity index (χ1n) is 5.22. The van der Waals surface area contributed by atoms with E-state index >= 15 is 0 Å². The molecule has 0 radical (unpaired) electrons. The first-order chi connectivity index (χ1) is 6.83. The van der Waals surface area contributed by atoms with Crippen molar-refractivity contribution >= 4 is 56.4 Å². The fraction of sp³-hybridized carbons (Fsp3) is 0.846. The molecule has 0 nitrogen and oxygen atoms in total. The lowest BCUT2D eigenvalue weighted by Gasteiger charge is -2.15. The summed E-state index contributed by atoms with van der Waals surface area (Å²) in [6, 6.07) is 0. The van der Waals surface area contributed by atoms with Gasteiger partial charge in [0.1, 0.15) is 0 Å². The average Bonchev–Trinajstić information content (AvgIpc) is 1.72. The Morgan fingerprint density at radius 3 is 0.882 bits per heavy atom. The standard InChI is InChI=1S/2C6H12S2.CH4/c2*1-5(7)8-6(2,3)4;/h2*1-4H3;1H4. The molecule has 0 rings (SSSR count). The molecule has 0 aliphatic heterocycles. The molecule has 0 saturated heterocycles. The lowest BCUT2D eigenvalue weighted by molar-refractivity contribution is 0.809. The molecule has 0 atom stereocenters. The Morgan fingerprint density at radius 2 is 0.882 bits per heavy atom. The van der Waals surface area contributed by atoms with E-state index in [0.29, 0.717) is 9.49 Å². The summed E-state index contributed by atoms with van der Waals surface area (Å²) in [7, 11) is 0. The molecule has 4 heteroatoms. The molecule has 0 N–H and O–H groups in total. The van der Waals surface area contributed by atoms with Gasteiger partial charge in [-0.2, -0.15) is 0 Å². The third kappa shape index (κ3) is 31.6. The first-order valence-corrected chi connectivity index (χ1v) is 7.67. The summed E-state index contributed by atoms with van der Waals surface area (Å²) in [5.41, 5.74) is 0. The fourth-order valence-corrected chi connectivity index (χ4v) is 4.09. The Bertz CT molecular complexity index is 205. The third-order valence-electron chi connectivity index (χ3n) is 0.900. The van der Waals surface area contributed by atoms with E-state index in [-0.39, 0.29) is 7.43 Å². The summed E-state index contributed by atoms with van der Waals surface area (Å²) in [6.07, 6.45) is 0. The molecule has 0 aromatic carbocycles. The van der Waals surface area contributed by atoms with Gasteiger partial charge in [0.2, 0.25) is 0 Å². The molecule has 0 spiro atoms. The van der Waals surface area contributed by atoms with E-state index in [1.165, 1.54) is 0 Å². The van der Waals surface area contributed by atoms with Crippen molar-refractivity contribution in [2.45, 2.75) is 72.3 Å². The van der Waals surface area contributed by atoms with Crippen LogP contribution >= 0.6 is 48.0 Å². The van der Waals surface area contributed by atoms with Crippen LogP contribution < -0.4 is 0 Å². The SMILES string of the molecule is C.CC(=S)SC(C)(C)C.CC(=S)SC(C)(C)C. The van der Waals surface area contributed by atoms with E-state index < -0.39 is 0 Å². The van der Waals surface area contributed by atoms with Crippen molar-refractivity contribution in [2.75, 3.05) is 0 Å². The maximum atomic E-state index is 4.91. The zero-order valence-corrected chi connectivity index (χ0v) is 14.9. The lowest BCUT2D eigenvalue weighted by Crippen LogP contribution is -2.08. The van der Waals surface area contributed by atoms with Crippen molar-refractivity contribution in [1.82, 2.24) is 0 Å². The second-order valence-corrected chi connectivity index (χ2v) is 11.2. The number of thiocarbonyl (C=S) groups is 2. The van der Waals surface area contributed by atoms with Crippen molar-refractivity contribution in [3.8, 4) is 0 Å². The van der Waals surface area contributed by atoms with Crippen LogP contribution in [0.1, 0.15) is 62.8 Å². The smallest absolute Gasteiger partial charge is 0.0452 e. The summed E-state index contributed by atoms with van der Waals surface area (Å²) in [5.74, 6) is 0. The van der Waals surface area contributed by atoms with Crippen LogP contribution in [-0.4, -0.2) is 17.9 Å². The van der Waals surface area contributed by atoms with Crippen molar-refractivity contribution in [2.24, 2.45) is 0 Å². The summed E-state index contributed by atoms with van der Waals surface area (Å²) >= 11 is 13.3. The highest BCUT2D eigenvalue weighted by molar-refractivity contribution is 8.24. The van der Waals surface area contributed by atoms with Crippen LogP contribution in [0, 0.1) is 0 Å². The van der Waals surface area contributed by atoms with Crippen LogP contribution in [0.3, 0.4) is 0 Å². The van der Waals surface area contributed by atoms with Crippen LogP contribution in [0.15, 0.2) is 0 Å². The van der Waals surface area contributed by atoms with E-state index in [2.05, 4.69) is 41.5 Å². The zero-order chi connectivity index (χ0) is 13.6. The number of thioether (sulfide) groups is 2.